The van der Waals surface area contributed by atoms with Crippen LogP contribution in [-0.2, 0) is 18.3 Å². The average Bonchev–Trinajstić information content (AvgIpc) is 2.77. The van der Waals surface area contributed by atoms with E-state index in [9.17, 15) is 40.0 Å². The Kier molecular flexibility index (Phi) is 14.9. The van der Waals surface area contributed by atoms with Crippen LogP contribution < -0.4 is 0 Å². The molecule has 1 fully saturated rings. The number of ether oxygens (including phenoxy) is 1. The summed E-state index contributed by atoms with van der Waals surface area (Å²) in [5.74, 6) is 0. The summed E-state index contributed by atoms with van der Waals surface area (Å²) in [6, 6.07) is 0. The quantitative estimate of drug-likeness (QED) is 0.0924. The van der Waals surface area contributed by atoms with Gasteiger partial charge in [0.1, 0.15) is 24.4 Å². The van der Waals surface area contributed by atoms with E-state index in [2.05, 4.69) is 11.4 Å². The molecule has 0 aromatic carbocycles. The van der Waals surface area contributed by atoms with Crippen LogP contribution >= 0.6 is 7.60 Å². The van der Waals surface area contributed by atoms with Gasteiger partial charge in [0.25, 0.3) is 0 Å². The van der Waals surface area contributed by atoms with E-state index in [0.717, 1.165) is 25.7 Å². The molecule has 33 heavy (non-hydrogen) atoms. The predicted octanol–water partition coefficient (Wildman–Crippen LogP) is 2.71. The van der Waals surface area contributed by atoms with E-state index < -0.39 is 50.3 Å². The molecule has 1 rings (SSSR count). The van der Waals surface area contributed by atoms with Crippen molar-refractivity contribution >= 4 is 13.3 Å². The number of rotatable bonds is 18. The molecule has 1 heterocycles. The minimum atomic E-state index is -4.83. The Morgan fingerprint density at radius 3 is 1.82 bits per heavy atom. The van der Waals surface area contributed by atoms with Crippen molar-refractivity contribution in [3.63, 3.8) is 0 Å². The molecule has 0 bridgehead atoms. The van der Waals surface area contributed by atoms with Crippen LogP contribution in [0.4, 0.5) is 4.79 Å². The van der Waals surface area contributed by atoms with Gasteiger partial charge < -0.3 is 39.9 Å². The Hall–Kier alpha value is -0.620. The molecule has 12 heteroatoms. The lowest BCUT2D eigenvalue weighted by atomic mass is 9.99. The maximum atomic E-state index is 12.5. The molecule has 1 aliphatic heterocycles. The predicted molar refractivity (Wildman–Crippen MR) is 119 cm³/mol. The van der Waals surface area contributed by atoms with Crippen molar-refractivity contribution in [2.24, 2.45) is 0 Å². The lowest BCUT2D eigenvalue weighted by Gasteiger charge is -2.39. The minimum Gasteiger partial charge on any atom is -0.472 e. The van der Waals surface area contributed by atoms with Crippen molar-refractivity contribution in [1.82, 2.24) is 0 Å². The van der Waals surface area contributed by atoms with Gasteiger partial charge in [-0.25, -0.2) is 9.36 Å². The SMILES string of the molecule is CCCCCCCCCCCCCCOP(=O)(OC(O)[C@H]1OC(O)[C@H](O)[C@@H](O)[C@@H]1O)C(=O)O. The smallest absolute Gasteiger partial charge is 0.440 e. The summed E-state index contributed by atoms with van der Waals surface area (Å²) in [5.41, 5.74) is -1.94. The fourth-order valence-electron chi connectivity index (χ4n) is 3.58. The average molecular weight is 501 g/mol. The topological polar surface area (TPSA) is 183 Å². The van der Waals surface area contributed by atoms with Crippen LogP contribution in [0, 0.1) is 0 Å². The second kappa shape index (κ2) is 16.1. The lowest BCUT2D eigenvalue weighted by molar-refractivity contribution is -0.314. The van der Waals surface area contributed by atoms with Crippen LogP contribution in [0.3, 0.4) is 0 Å². The first kappa shape index (κ1) is 30.4. The Balaban J connectivity index is 2.29. The second-order valence-electron chi connectivity index (χ2n) is 8.46. The highest BCUT2D eigenvalue weighted by atomic mass is 31.2. The number of aliphatic hydroxyl groups excluding tert-OH is 5. The summed E-state index contributed by atoms with van der Waals surface area (Å²) in [5, 5.41) is 57.7. The van der Waals surface area contributed by atoms with Crippen LogP contribution in [-0.4, -0.2) is 80.0 Å². The first-order valence-corrected chi connectivity index (χ1v) is 13.4. The Morgan fingerprint density at radius 2 is 1.33 bits per heavy atom. The van der Waals surface area contributed by atoms with Gasteiger partial charge in [0.2, 0.25) is 0 Å². The van der Waals surface area contributed by atoms with E-state index in [0.29, 0.717) is 6.42 Å². The molecule has 3 unspecified atom stereocenters. The van der Waals surface area contributed by atoms with Gasteiger partial charge in [0.05, 0.1) is 6.61 Å². The van der Waals surface area contributed by atoms with Crippen molar-refractivity contribution < 1.29 is 53.8 Å². The minimum absolute atomic E-state index is 0.175. The summed E-state index contributed by atoms with van der Waals surface area (Å²) in [6.07, 6.45) is 1.32. The molecule has 0 aromatic rings. The molecule has 11 nitrogen and oxygen atoms in total. The Bertz CT molecular complexity index is 591. The van der Waals surface area contributed by atoms with Crippen LogP contribution in [0.25, 0.3) is 0 Å². The van der Waals surface area contributed by atoms with Crippen molar-refractivity contribution in [2.75, 3.05) is 6.61 Å². The van der Waals surface area contributed by atoms with Gasteiger partial charge in [-0.3, -0.25) is 4.52 Å². The van der Waals surface area contributed by atoms with E-state index >= 15 is 0 Å². The number of unbranched alkanes of at least 4 members (excludes halogenated alkanes) is 11. The lowest BCUT2D eigenvalue weighted by Crippen LogP contribution is -2.60. The monoisotopic (exact) mass is 500 g/mol. The molecule has 1 aliphatic rings. The molecule has 6 N–H and O–H groups in total. The molecule has 196 valence electrons. The maximum absolute atomic E-state index is 12.5. The van der Waals surface area contributed by atoms with E-state index in [4.69, 9.17) is 9.26 Å². The summed E-state index contributed by atoms with van der Waals surface area (Å²) >= 11 is 0. The fourth-order valence-corrected chi connectivity index (χ4v) is 4.62. The number of hydrogen-bond donors (Lipinski definition) is 6. The van der Waals surface area contributed by atoms with Gasteiger partial charge in [-0.1, -0.05) is 77.6 Å². The van der Waals surface area contributed by atoms with Crippen LogP contribution in [0.5, 0.6) is 0 Å². The standard InChI is InChI=1S/C21H41O11P/c1-2-3-4-5-6-7-8-9-10-11-12-13-14-30-33(29,21(27)28)32-20(26)18-16(23)15(22)17(24)19(25)31-18/h15-20,22-26H,2-14H2,1H3,(H,27,28)/t15-,16-,17+,18-,19?,20?,33?/m0/s1. The fraction of sp³-hybridized carbons (Fsp3) is 0.952. The molecular formula is C21H41O11P. The number of hydrogen-bond acceptors (Lipinski definition) is 10. The molecule has 0 aliphatic carbocycles. The van der Waals surface area contributed by atoms with E-state index in [1.807, 2.05) is 0 Å². The highest BCUT2D eigenvalue weighted by Gasteiger charge is 2.49. The molecule has 1 saturated heterocycles. The number of aliphatic hydroxyl groups is 5. The van der Waals surface area contributed by atoms with Crippen LogP contribution in [0.2, 0.25) is 0 Å². The zero-order valence-corrected chi connectivity index (χ0v) is 20.2. The molecular weight excluding hydrogens is 459 g/mol. The zero-order chi connectivity index (χ0) is 24.9. The number of carboxylic acid groups (broad SMARTS) is 1. The first-order valence-electron chi connectivity index (χ1n) is 11.9. The van der Waals surface area contributed by atoms with Crippen LogP contribution in [0.1, 0.15) is 84.0 Å². The van der Waals surface area contributed by atoms with Crippen molar-refractivity contribution in [3.8, 4) is 0 Å². The van der Waals surface area contributed by atoms with Gasteiger partial charge in [-0.05, 0) is 6.42 Å². The normalized spacial score (nSPS) is 28.4. The molecule has 0 aromatic heterocycles. The van der Waals surface area contributed by atoms with E-state index in [-0.39, 0.29) is 6.61 Å². The van der Waals surface area contributed by atoms with E-state index in [1.165, 1.54) is 44.9 Å². The molecule has 0 amide bonds. The summed E-state index contributed by atoms with van der Waals surface area (Å²) in [7, 11) is -4.83. The summed E-state index contributed by atoms with van der Waals surface area (Å²) < 4.78 is 26.8. The van der Waals surface area contributed by atoms with Crippen molar-refractivity contribution in [1.29, 1.82) is 0 Å². The molecule has 0 radical (unpaired) electrons. The van der Waals surface area contributed by atoms with Gasteiger partial charge in [0.15, 0.2) is 12.6 Å². The molecule has 0 spiro atoms. The Morgan fingerprint density at radius 1 is 0.848 bits per heavy atom. The van der Waals surface area contributed by atoms with E-state index in [1.54, 1.807) is 0 Å². The Labute approximate surface area is 195 Å². The molecule has 7 atom stereocenters. The highest BCUT2D eigenvalue weighted by Crippen LogP contribution is 2.50. The van der Waals surface area contributed by atoms with Crippen molar-refractivity contribution in [3.05, 3.63) is 0 Å². The van der Waals surface area contributed by atoms with Crippen molar-refractivity contribution in [2.45, 2.75) is 121 Å². The first-order chi connectivity index (χ1) is 15.6. The molecule has 0 saturated carbocycles. The second-order valence-corrected chi connectivity index (χ2v) is 10.3. The van der Waals surface area contributed by atoms with Gasteiger partial charge in [0, 0.05) is 0 Å². The third kappa shape index (κ3) is 10.7. The number of carbonyl (C=O) groups is 1. The van der Waals surface area contributed by atoms with Gasteiger partial charge >= 0.3 is 13.3 Å². The van der Waals surface area contributed by atoms with Gasteiger partial charge in [-0.15, -0.1) is 0 Å². The third-order valence-electron chi connectivity index (χ3n) is 5.65. The van der Waals surface area contributed by atoms with Gasteiger partial charge in [-0.2, -0.15) is 0 Å². The third-order valence-corrected chi connectivity index (χ3v) is 7.13. The summed E-state index contributed by atoms with van der Waals surface area (Å²) in [4.78, 5) is 11.4. The highest BCUT2D eigenvalue weighted by molar-refractivity contribution is 7.71. The zero-order valence-electron chi connectivity index (χ0n) is 19.3. The maximum Gasteiger partial charge on any atom is 0.440 e. The summed E-state index contributed by atoms with van der Waals surface area (Å²) in [6.45, 7) is 2.02. The largest absolute Gasteiger partial charge is 0.472 e. The van der Waals surface area contributed by atoms with Crippen LogP contribution in [0.15, 0.2) is 0 Å².